The summed E-state index contributed by atoms with van der Waals surface area (Å²) in [6.07, 6.45) is 0. The highest BCUT2D eigenvalue weighted by Crippen LogP contribution is 2.05. The molecule has 0 bridgehead atoms. The van der Waals surface area contributed by atoms with Gasteiger partial charge in [-0.2, -0.15) is 0 Å². The Morgan fingerprint density at radius 1 is 1.25 bits per heavy atom. The molecule has 20 heavy (non-hydrogen) atoms. The fourth-order valence-corrected chi connectivity index (χ4v) is 2.35. The number of nitrogens with zero attached hydrogens (tertiary/aromatic N) is 2. The van der Waals surface area contributed by atoms with E-state index in [1.54, 1.807) is 0 Å². The molecule has 0 aromatic heterocycles. The van der Waals surface area contributed by atoms with Crippen LogP contribution < -0.4 is 10.6 Å². The smallest absolute Gasteiger partial charge is 0.239 e. The molecule has 1 aromatic rings. The number of benzene rings is 1. The van der Waals surface area contributed by atoms with Gasteiger partial charge in [0.25, 0.3) is 0 Å². The van der Waals surface area contributed by atoms with E-state index < -0.39 is 0 Å². The monoisotopic (exact) mass is 276 g/mol. The second kappa shape index (κ2) is 7.26. The summed E-state index contributed by atoms with van der Waals surface area (Å²) in [7, 11) is 4.24. The van der Waals surface area contributed by atoms with Crippen molar-refractivity contribution in [3.8, 4) is 0 Å². The lowest BCUT2D eigenvalue weighted by Crippen LogP contribution is -2.54. The predicted molar refractivity (Wildman–Crippen MR) is 81.9 cm³/mol. The quantitative estimate of drug-likeness (QED) is 0.820. The lowest BCUT2D eigenvalue weighted by molar-refractivity contribution is -0.119. The maximum Gasteiger partial charge on any atom is 0.239 e. The van der Waals surface area contributed by atoms with Gasteiger partial charge in [0.05, 0.1) is 6.54 Å². The molecule has 1 saturated heterocycles. The molecule has 0 radical (unpaired) electrons. The van der Waals surface area contributed by atoms with E-state index in [1.807, 2.05) is 30.3 Å². The van der Waals surface area contributed by atoms with Gasteiger partial charge in [-0.1, -0.05) is 18.2 Å². The van der Waals surface area contributed by atoms with Crippen LogP contribution >= 0.6 is 0 Å². The van der Waals surface area contributed by atoms with Crippen molar-refractivity contribution >= 4 is 11.6 Å². The van der Waals surface area contributed by atoms with Crippen LogP contribution in [0.1, 0.15) is 0 Å². The van der Waals surface area contributed by atoms with Gasteiger partial charge < -0.3 is 15.5 Å². The Morgan fingerprint density at radius 2 is 2.00 bits per heavy atom. The maximum absolute atomic E-state index is 11.8. The molecule has 110 valence electrons. The summed E-state index contributed by atoms with van der Waals surface area (Å²) in [6, 6.07) is 10.2. The first-order valence-electron chi connectivity index (χ1n) is 7.09. The van der Waals surface area contributed by atoms with E-state index in [1.165, 1.54) is 0 Å². The largest absolute Gasteiger partial charge is 0.376 e. The molecule has 1 unspecified atom stereocenters. The number of hydrogen-bond acceptors (Lipinski definition) is 4. The van der Waals surface area contributed by atoms with E-state index in [2.05, 4.69) is 34.5 Å². The van der Waals surface area contributed by atoms with E-state index in [0.717, 1.165) is 25.3 Å². The topological polar surface area (TPSA) is 47.6 Å². The predicted octanol–water partition coefficient (Wildman–Crippen LogP) is 0.461. The Balaban J connectivity index is 1.69. The van der Waals surface area contributed by atoms with E-state index in [-0.39, 0.29) is 5.91 Å². The number of carbonyl (C=O) groups excluding carboxylic acids is 1. The van der Waals surface area contributed by atoms with E-state index in [0.29, 0.717) is 19.1 Å². The molecule has 0 aliphatic carbocycles. The maximum atomic E-state index is 11.8. The van der Waals surface area contributed by atoms with Gasteiger partial charge in [-0.15, -0.1) is 0 Å². The summed E-state index contributed by atoms with van der Waals surface area (Å²) in [5.41, 5.74) is 0.970. The van der Waals surface area contributed by atoms with Crippen molar-refractivity contribution in [3.63, 3.8) is 0 Å². The van der Waals surface area contributed by atoms with Crippen LogP contribution in [0.4, 0.5) is 5.69 Å². The molecule has 0 spiro atoms. The number of rotatable bonds is 5. The summed E-state index contributed by atoms with van der Waals surface area (Å²) in [5.74, 6) is 0.0375. The number of amides is 1. The van der Waals surface area contributed by atoms with Crippen LogP contribution in [0.25, 0.3) is 0 Å². The summed E-state index contributed by atoms with van der Waals surface area (Å²) >= 11 is 0. The average Bonchev–Trinajstić information content (AvgIpc) is 2.47. The third-order valence-corrected chi connectivity index (χ3v) is 3.74. The number of nitrogens with one attached hydrogen (secondary N) is 2. The zero-order chi connectivity index (χ0) is 14.4. The molecule has 2 N–H and O–H groups in total. The van der Waals surface area contributed by atoms with Crippen molar-refractivity contribution in [2.45, 2.75) is 6.04 Å². The van der Waals surface area contributed by atoms with Crippen LogP contribution in [0, 0.1) is 0 Å². The SMILES string of the molecule is CN1CCN(C)C(CNC(=O)CNc2ccccc2)C1. The molecule has 1 fully saturated rings. The van der Waals surface area contributed by atoms with E-state index >= 15 is 0 Å². The highest BCUT2D eigenvalue weighted by molar-refractivity contribution is 5.80. The van der Waals surface area contributed by atoms with Gasteiger partial charge in [0.1, 0.15) is 0 Å². The van der Waals surface area contributed by atoms with Gasteiger partial charge in [-0.3, -0.25) is 9.69 Å². The highest BCUT2D eigenvalue weighted by Gasteiger charge is 2.22. The van der Waals surface area contributed by atoms with E-state index in [9.17, 15) is 4.79 Å². The molecule has 1 heterocycles. The minimum atomic E-state index is 0.0375. The standard InChI is InChI=1S/C15H24N4O/c1-18-8-9-19(2)14(12-18)10-17-15(20)11-16-13-6-4-3-5-7-13/h3-7,14,16H,8-12H2,1-2H3,(H,17,20). The molecule has 1 aliphatic heterocycles. The zero-order valence-electron chi connectivity index (χ0n) is 12.3. The van der Waals surface area contributed by atoms with Crippen LogP contribution in [0.5, 0.6) is 0 Å². The van der Waals surface area contributed by atoms with Crippen LogP contribution in [0.15, 0.2) is 30.3 Å². The minimum absolute atomic E-state index is 0.0375. The van der Waals surface area contributed by atoms with Crippen molar-refractivity contribution < 1.29 is 4.79 Å². The summed E-state index contributed by atoms with van der Waals surface area (Å²) in [6.45, 7) is 4.17. The Kier molecular flexibility index (Phi) is 5.38. The molecular weight excluding hydrogens is 252 g/mol. The number of likely N-dealkylation sites (N-methyl/N-ethyl adjacent to an activating group) is 2. The van der Waals surface area contributed by atoms with Crippen molar-refractivity contribution in [2.24, 2.45) is 0 Å². The van der Waals surface area contributed by atoms with Gasteiger partial charge in [-0.25, -0.2) is 0 Å². The molecule has 1 atom stereocenters. The summed E-state index contributed by atoms with van der Waals surface area (Å²) in [4.78, 5) is 16.5. The second-order valence-corrected chi connectivity index (χ2v) is 5.42. The van der Waals surface area contributed by atoms with Crippen LogP contribution in [-0.4, -0.2) is 68.6 Å². The average molecular weight is 276 g/mol. The van der Waals surface area contributed by atoms with Gasteiger partial charge in [-0.05, 0) is 26.2 Å². The molecule has 5 heteroatoms. The molecular formula is C15H24N4O. The first kappa shape index (κ1) is 14.8. The molecule has 5 nitrogen and oxygen atoms in total. The Morgan fingerprint density at radius 3 is 2.75 bits per heavy atom. The third kappa shape index (κ3) is 4.51. The van der Waals surface area contributed by atoms with E-state index in [4.69, 9.17) is 0 Å². The fraction of sp³-hybridized carbons (Fsp3) is 0.533. The summed E-state index contributed by atoms with van der Waals surface area (Å²) in [5, 5.41) is 6.12. The molecule has 1 amide bonds. The van der Waals surface area contributed by atoms with Gasteiger partial charge in [0.15, 0.2) is 0 Å². The third-order valence-electron chi connectivity index (χ3n) is 3.74. The Bertz CT molecular complexity index is 423. The van der Waals surface area contributed by atoms with Gasteiger partial charge in [0.2, 0.25) is 5.91 Å². The number of carbonyl (C=O) groups is 1. The minimum Gasteiger partial charge on any atom is -0.376 e. The van der Waals surface area contributed by atoms with Crippen molar-refractivity contribution in [3.05, 3.63) is 30.3 Å². The molecule has 2 rings (SSSR count). The summed E-state index contributed by atoms with van der Waals surface area (Å²) < 4.78 is 0. The second-order valence-electron chi connectivity index (χ2n) is 5.42. The first-order valence-corrected chi connectivity index (χ1v) is 7.09. The number of para-hydroxylation sites is 1. The molecule has 1 aromatic carbocycles. The Labute approximate surface area is 120 Å². The number of anilines is 1. The Hall–Kier alpha value is -1.59. The molecule has 1 aliphatic rings. The van der Waals surface area contributed by atoms with Crippen LogP contribution in [-0.2, 0) is 4.79 Å². The molecule has 0 saturated carbocycles. The van der Waals surface area contributed by atoms with Crippen molar-refractivity contribution in [1.82, 2.24) is 15.1 Å². The van der Waals surface area contributed by atoms with Crippen molar-refractivity contribution in [2.75, 3.05) is 52.1 Å². The first-order chi connectivity index (χ1) is 9.65. The van der Waals surface area contributed by atoms with Gasteiger partial charge in [0, 0.05) is 37.9 Å². The van der Waals surface area contributed by atoms with Gasteiger partial charge >= 0.3 is 0 Å². The van der Waals surface area contributed by atoms with Crippen molar-refractivity contribution in [1.29, 1.82) is 0 Å². The lowest BCUT2D eigenvalue weighted by Gasteiger charge is -2.37. The normalized spacial score (nSPS) is 20.6. The van der Waals surface area contributed by atoms with Crippen LogP contribution in [0.3, 0.4) is 0 Å². The lowest BCUT2D eigenvalue weighted by atomic mass is 10.2. The highest BCUT2D eigenvalue weighted by atomic mass is 16.1. The fourth-order valence-electron chi connectivity index (χ4n) is 2.35. The number of hydrogen-bond donors (Lipinski definition) is 2. The van der Waals surface area contributed by atoms with Crippen LogP contribution in [0.2, 0.25) is 0 Å². The number of piperazine rings is 1. The zero-order valence-corrected chi connectivity index (χ0v) is 12.3.